The Morgan fingerprint density at radius 1 is 1.04 bits per heavy atom. The molecule has 1 fully saturated rings. The summed E-state index contributed by atoms with van der Waals surface area (Å²) in [5.74, 6) is 1.31. The molecule has 2 aliphatic rings. The lowest BCUT2D eigenvalue weighted by Gasteiger charge is -2.34. The number of hydrogen-bond acceptors (Lipinski definition) is 4. The fourth-order valence-electron chi connectivity index (χ4n) is 3.49. The third-order valence-electron chi connectivity index (χ3n) is 5.20. The number of nitrogens with zero attached hydrogens (tertiary/aromatic N) is 2. The Kier molecular flexibility index (Phi) is 5.62. The molecule has 2 aliphatic heterocycles. The molecule has 4 rings (SSSR count). The van der Waals surface area contributed by atoms with Crippen LogP contribution in [-0.4, -0.2) is 55.3 Å². The molecule has 1 N–H and O–H groups in total. The van der Waals surface area contributed by atoms with Crippen LogP contribution in [0.5, 0.6) is 11.5 Å². The van der Waals surface area contributed by atoms with Crippen molar-refractivity contribution in [3.63, 3.8) is 0 Å². The van der Waals surface area contributed by atoms with E-state index in [4.69, 9.17) is 9.47 Å². The first kappa shape index (κ1) is 18.6. The first-order valence-corrected chi connectivity index (χ1v) is 9.56. The van der Waals surface area contributed by atoms with Crippen molar-refractivity contribution in [1.29, 1.82) is 0 Å². The molecule has 0 radical (unpaired) electrons. The number of fused-ring (bicyclic) bond motifs is 1. The van der Waals surface area contributed by atoms with E-state index in [0.29, 0.717) is 26.1 Å². The Morgan fingerprint density at radius 3 is 2.64 bits per heavy atom. The summed E-state index contributed by atoms with van der Waals surface area (Å²) in [7, 11) is 0. The molecule has 0 unspecified atom stereocenters. The normalized spacial score (nSPS) is 16.2. The lowest BCUT2D eigenvalue weighted by Crippen LogP contribution is -2.51. The van der Waals surface area contributed by atoms with E-state index < -0.39 is 0 Å². The lowest BCUT2D eigenvalue weighted by atomic mass is 10.1. The fourth-order valence-corrected chi connectivity index (χ4v) is 3.49. The van der Waals surface area contributed by atoms with Crippen LogP contribution in [0.4, 0.5) is 9.18 Å². The van der Waals surface area contributed by atoms with E-state index in [1.165, 1.54) is 6.07 Å². The van der Waals surface area contributed by atoms with Crippen LogP contribution in [0.15, 0.2) is 42.5 Å². The number of halogens is 1. The highest BCUT2D eigenvalue weighted by molar-refractivity contribution is 5.74. The molecule has 7 heteroatoms. The van der Waals surface area contributed by atoms with Crippen molar-refractivity contribution in [3.8, 4) is 11.5 Å². The zero-order chi connectivity index (χ0) is 19.3. The highest BCUT2D eigenvalue weighted by Gasteiger charge is 2.21. The number of amides is 2. The Bertz CT molecular complexity index is 837. The van der Waals surface area contributed by atoms with Crippen molar-refractivity contribution in [3.05, 3.63) is 59.4 Å². The van der Waals surface area contributed by atoms with Crippen LogP contribution in [0, 0.1) is 5.82 Å². The van der Waals surface area contributed by atoms with Crippen molar-refractivity contribution >= 4 is 6.03 Å². The van der Waals surface area contributed by atoms with Gasteiger partial charge in [0, 0.05) is 39.3 Å². The van der Waals surface area contributed by atoms with Crippen LogP contribution < -0.4 is 14.8 Å². The average molecular weight is 385 g/mol. The van der Waals surface area contributed by atoms with Crippen molar-refractivity contribution < 1.29 is 18.7 Å². The van der Waals surface area contributed by atoms with E-state index in [0.717, 1.165) is 42.3 Å². The molecular weight excluding hydrogens is 361 g/mol. The lowest BCUT2D eigenvalue weighted by molar-refractivity contribution is 0.139. The number of carbonyl (C=O) groups excluding carboxylic acids is 1. The van der Waals surface area contributed by atoms with Crippen LogP contribution in [-0.2, 0) is 13.0 Å². The number of rotatable bonds is 5. The fraction of sp³-hybridized carbons (Fsp3) is 0.381. The van der Waals surface area contributed by atoms with Crippen molar-refractivity contribution in [1.82, 2.24) is 15.1 Å². The third kappa shape index (κ3) is 4.36. The zero-order valence-electron chi connectivity index (χ0n) is 15.7. The largest absolute Gasteiger partial charge is 0.454 e. The van der Waals surface area contributed by atoms with Gasteiger partial charge in [-0.05, 0) is 35.7 Å². The maximum atomic E-state index is 13.7. The number of carbonyl (C=O) groups is 1. The van der Waals surface area contributed by atoms with Gasteiger partial charge in [0.05, 0.1) is 0 Å². The number of hydrogen-bond donors (Lipinski definition) is 1. The molecular formula is C21H24FN3O3. The monoisotopic (exact) mass is 385 g/mol. The number of benzene rings is 2. The van der Waals surface area contributed by atoms with E-state index in [1.807, 2.05) is 35.2 Å². The van der Waals surface area contributed by atoms with Gasteiger partial charge in [-0.15, -0.1) is 0 Å². The van der Waals surface area contributed by atoms with Gasteiger partial charge in [-0.1, -0.05) is 24.3 Å². The summed E-state index contributed by atoms with van der Waals surface area (Å²) in [6, 6.07) is 12.5. The van der Waals surface area contributed by atoms with E-state index >= 15 is 0 Å². The second-order valence-corrected chi connectivity index (χ2v) is 7.02. The topological polar surface area (TPSA) is 54.0 Å². The second kappa shape index (κ2) is 8.48. The van der Waals surface area contributed by atoms with Crippen molar-refractivity contribution in [2.45, 2.75) is 13.0 Å². The van der Waals surface area contributed by atoms with Gasteiger partial charge in [-0.25, -0.2) is 9.18 Å². The Labute approximate surface area is 163 Å². The summed E-state index contributed by atoms with van der Waals surface area (Å²) in [5.41, 5.74) is 1.72. The molecule has 2 heterocycles. The Balaban J connectivity index is 1.20. The van der Waals surface area contributed by atoms with Gasteiger partial charge < -0.3 is 19.7 Å². The van der Waals surface area contributed by atoms with Crippen LogP contribution in [0.3, 0.4) is 0 Å². The molecule has 1 saturated heterocycles. The van der Waals surface area contributed by atoms with Gasteiger partial charge in [-0.2, -0.15) is 0 Å². The molecule has 28 heavy (non-hydrogen) atoms. The summed E-state index contributed by atoms with van der Waals surface area (Å²) in [4.78, 5) is 16.5. The molecule has 6 nitrogen and oxygen atoms in total. The first-order valence-electron chi connectivity index (χ1n) is 9.56. The van der Waals surface area contributed by atoms with Crippen LogP contribution in [0.25, 0.3) is 0 Å². The minimum absolute atomic E-state index is 0.0635. The van der Waals surface area contributed by atoms with Gasteiger partial charge in [0.25, 0.3) is 0 Å². The van der Waals surface area contributed by atoms with Crippen LogP contribution in [0.1, 0.15) is 11.1 Å². The van der Waals surface area contributed by atoms with E-state index in [9.17, 15) is 9.18 Å². The van der Waals surface area contributed by atoms with Crippen LogP contribution >= 0.6 is 0 Å². The van der Waals surface area contributed by atoms with Gasteiger partial charge in [0.2, 0.25) is 6.79 Å². The molecule has 0 atom stereocenters. The minimum Gasteiger partial charge on any atom is -0.454 e. The second-order valence-electron chi connectivity index (χ2n) is 7.02. The highest BCUT2D eigenvalue weighted by atomic mass is 19.1. The molecule has 2 aromatic rings. The summed E-state index contributed by atoms with van der Waals surface area (Å²) in [5, 5.41) is 2.96. The van der Waals surface area contributed by atoms with Gasteiger partial charge in [-0.3, -0.25) is 4.90 Å². The van der Waals surface area contributed by atoms with Gasteiger partial charge >= 0.3 is 6.03 Å². The van der Waals surface area contributed by atoms with Crippen LogP contribution in [0.2, 0.25) is 0 Å². The molecule has 0 aromatic heterocycles. The molecule has 2 aromatic carbocycles. The number of ether oxygens (including phenoxy) is 2. The van der Waals surface area contributed by atoms with Crippen molar-refractivity contribution in [2.75, 3.05) is 39.5 Å². The Morgan fingerprint density at radius 2 is 1.82 bits per heavy atom. The summed E-state index contributed by atoms with van der Waals surface area (Å²) in [6.45, 7) is 4.43. The molecule has 148 valence electrons. The van der Waals surface area contributed by atoms with Crippen molar-refractivity contribution in [2.24, 2.45) is 0 Å². The predicted molar refractivity (Wildman–Crippen MR) is 103 cm³/mol. The van der Waals surface area contributed by atoms with Gasteiger partial charge in [0.1, 0.15) is 5.82 Å². The molecule has 0 bridgehead atoms. The smallest absolute Gasteiger partial charge is 0.317 e. The number of urea groups is 1. The third-order valence-corrected chi connectivity index (χ3v) is 5.20. The maximum Gasteiger partial charge on any atom is 0.317 e. The molecule has 0 saturated carbocycles. The zero-order valence-corrected chi connectivity index (χ0v) is 15.7. The summed E-state index contributed by atoms with van der Waals surface area (Å²) >= 11 is 0. The van der Waals surface area contributed by atoms with E-state index in [-0.39, 0.29) is 18.6 Å². The first-order chi connectivity index (χ1) is 13.7. The average Bonchev–Trinajstić information content (AvgIpc) is 3.20. The molecule has 0 spiro atoms. The Hall–Kier alpha value is -2.80. The molecule has 0 aliphatic carbocycles. The highest BCUT2D eigenvalue weighted by Crippen LogP contribution is 2.32. The standard InChI is InChI=1S/C21H24FN3O3/c22-18-4-2-1-3-17(18)7-8-24-9-11-25(12-10-24)21(26)23-14-16-5-6-19-20(13-16)28-15-27-19/h1-6,13H,7-12,14-15H2,(H,23,26). The summed E-state index contributed by atoms with van der Waals surface area (Å²) in [6.07, 6.45) is 0.684. The van der Waals surface area contributed by atoms with E-state index in [2.05, 4.69) is 10.2 Å². The predicted octanol–water partition coefficient (Wildman–Crippen LogP) is 2.62. The molecule has 2 amide bonds. The van der Waals surface area contributed by atoms with E-state index in [1.54, 1.807) is 6.07 Å². The number of piperazine rings is 1. The summed E-state index contributed by atoms with van der Waals surface area (Å²) < 4.78 is 24.4. The SMILES string of the molecule is O=C(NCc1ccc2c(c1)OCO2)N1CCN(CCc2ccccc2F)CC1. The quantitative estimate of drug-likeness (QED) is 0.860. The van der Waals surface area contributed by atoms with Gasteiger partial charge in [0.15, 0.2) is 11.5 Å². The number of nitrogens with one attached hydrogen (secondary N) is 1. The minimum atomic E-state index is -0.149. The maximum absolute atomic E-state index is 13.7.